The molecule has 0 saturated heterocycles. The fourth-order valence-corrected chi connectivity index (χ4v) is 3.20. The maximum absolute atomic E-state index is 4.85. The van der Waals surface area contributed by atoms with Gasteiger partial charge in [0, 0.05) is 25.0 Å². The van der Waals surface area contributed by atoms with Crippen molar-refractivity contribution in [3.8, 4) is 0 Å². The first kappa shape index (κ1) is 16.4. The van der Waals surface area contributed by atoms with Gasteiger partial charge in [0.15, 0.2) is 5.13 Å². The van der Waals surface area contributed by atoms with Gasteiger partial charge in [0.1, 0.15) is 0 Å². The minimum atomic E-state index is 0.502. The quantitative estimate of drug-likeness (QED) is 0.694. The van der Waals surface area contributed by atoms with Crippen LogP contribution in [0, 0.1) is 0 Å². The summed E-state index contributed by atoms with van der Waals surface area (Å²) >= 11 is 1.85. The molecule has 1 N–H and O–H groups in total. The lowest BCUT2D eigenvalue weighted by Crippen LogP contribution is -2.18. The summed E-state index contributed by atoms with van der Waals surface area (Å²) in [6.45, 7) is 11.9. The first-order valence-electron chi connectivity index (χ1n) is 7.51. The number of hydrogen-bond donors (Lipinski definition) is 1. The Morgan fingerprint density at radius 1 is 1.26 bits per heavy atom. The zero-order valence-corrected chi connectivity index (χ0v) is 13.9. The van der Waals surface area contributed by atoms with E-state index in [0.717, 1.165) is 19.6 Å². The molecule has 1 heterocycles. The van der Waals surface area contributed by atoms with Crippen molar-refractivity contribution in [2.24, 2.45) is 0 Å². The molecule has 0 aliphatic rings. The van der Waals surface area contributed by atoms with Crippen LogP contribution in [0.1, 0.15) is 63.4 Å². The Balaban J connectivity index is 2.72. The molecule has 0 aromatic carbocycles. The Hall–Kier alpha value is -0.610. The molecule has 0 fully saturated rings. The van der Waals surface area contributed by atoms with E-state index in [1.54, 1.807) is 0 Å². The highest BCUT2D eigenvalue weighted by atomic mass is 32.1. The Morgan fingerprint density at radius 3 is 2.58 bits per heavy atom. The minimum Gasteiger partial charge on any atom is -0.351 e. The second-order valence-electron chi connectivity index (χ2n) is 5.37. The van der Waals surface area contributed by atoms with E-state index in [0.29, 0.717) is 5.92 Å². The van der Waals surface area contributed by atoms with Crippen LogP contribution in [0.25, 0.3) is 0 Å². The van der Waals surface area contributed by atoms with Gasteiger partial charge in [-0.2, -0.15) is 0 Å². The van der Waals surface area contributed by atoms with Crippen LogP contribution >= 0.6 is 11.3 Å². The van der Waals surface area contributed by atoms with Crippen LogP contribution in [-0.2, 0) is 6.54 Å². The monoisotopic (exact) mass is 283 g/mol. The Morgan fingerprint density at radius 2 is 2.00 bits per heavy atom. The number of nitrogens with one attached hydrogen (secondary N) is 1. The van der Waals surface area contributed by atoms with Gasteiger partial charge in [0.2, 0.25) is 0 Å². The molecular weight excluding hydrogens is 254 g/mol. The number of hydrogen-bond acceptors (Lipinski definition) is 4. The summed E-state index contributed by atoms with van der Waals surface area (Å²) in [5.41, 5.74) is 1.27. The second kappa shape index (κ2) is 8.54. The number of unbranched alkanes of at least 4 members (excludes halogenated alkanes) is 2. The summed E-state index contributed by atoms with van der Waals surface area (Å²) in [5, 5.41) is 4.59. The van der Waals surface area contributed by atoms with Crippen molar-refractivity contribution in [3.63, 3.8) is 0 Å². The lowest BCUT2D eigenvalue weighted by molar-refractivity contribution is 0.700. The Kier molecular flexibility index (Phi) is 7.39. The lowest BCUT2D eigenvalue weighted by atomic mass is 10.1. The van der Waals surface area contributed by atoms with Gasteiger partial charge in [-0.15, -0.1) is 11.3 Å². The van der Waals surface area contributed by atoms with Crippen LogP contribution in [0.3, 0.4) is 0 Å². The van der Waals surface area contributed by atoms with Gasteiger partial charge in [0.25, 0.3) is 0 Å². The predicted molar refractivity (Wildman–Crippen MR) is 86.4 cm³/mol. The van der Waals surface area contributed by atoms with Crippen molar-refractivity contribution in [1.29, 1.82) is 0 Å². The highest BCUT2D eigenvalue weighted by molar-refractivity contribution is 7.15. The molecule has 110 valence electrons. The van der Waals surface area contributed by atoms with Crippen molar-refractivity contribution in [2.45, 2.75) is 59.4 Å². The summed E-state index contributed by atoms with van der Waals surface area (Å²) < 4.78 is 0. The van der Waals surface area contributed by atoms with Crippen LogP contribution in [0.2, 0.25) is 0 Å². The van der Waals surface area contributed by atoms with Crippen LogP contribution in [-0.4, -0.2) is 25.1 Å². The molecule has 0 saturated carbocycles. The molecule has 0 spiro atoms. The summed E-state index contributed by atoms with van der Waals surface area (Å²) in [6.07, 6.45) is 3.83. The molecule has 0 bridgehead atoms. The molecule has 1 aromatic heterocycles. The van der Waals surface area contributed by atoms with Gasteiger partial charge >= 0.3 is 0 Å². The average Bonchev–Trinajstić information content (AvgIpc) is 2.80. The zero-order valence-electron chi connectivity index (χ0n) is 13.1. The van der Waals surface area contributed by atoms with Gasteiger partial charge in [-0.3, -0.25) is 0 Å². The fourth-order valence-electron chi connectivity index (χ4n) is 2.02. The third-order valence-electron chi connectivity index (χ3n) is 3.22. The van der Waals surface area contributed by atoms with Gasteiger partial charge in [-0.25, -0.2) is 4.98 Å². The lowest BCUT2D eigenvalue weighted by Gasteiger charge is -2.15. The highest BCUT2D eigenvalue weighted by Crippen LogP contribution is 2.30. The van der Waals surface area contributed by atoms with E-state index < -0.39 is 0 Å². The van der Waals surface area contributed by atoms with Crippen LogP contribution in [0.5, 0.6) is 0 Å². The molecule has 1 rings (SSSR count). The molecule has 4 heteroatoms. The predicted octanol–water partition coefficient (Wildman–Crippen LogP) is 4.00. The topological polar surface area (TPSA) is 28.2 Å². The molecule has 0 unspecified atom stereocenters. The van der Waals surface area contributed by atoms with E-state index in [-0.39, 0.29) is 0 Å². The summed E-state index contributed by atoms with van der Waals surface area (Å²) in [5.74, 6) is 0.502. The number of thiazole rings is 1. The number of nitrogens with zero attached hydrogens (tertiary/aromatic N) is 2. The minimum absolute atomic E-state index is 0.502. The van der Waals surface area contributed by atoms with Crippen molar-refractivity contribution in [1.82, 2.24) is 10.3 Å². The van der Waals surface area contributed by atoms with Crippen LogP contribution in [0.15, 0.2) is 0 Å². The summed E-state index contributed by atoms with van der Waals surface area (Å²) in [4.78, 5) is 8.55. The third kappa shape index (κ3) is 5.11. The molecule has 0 amide bonds. The van der Waals surface area contributed by atoms with Gasteiger partial charge in [-0.1, -0.05) is 40.5 Å². The van der Waals surface area contributed by atoms with E-state index in [1.165, 1.54) is 35.0 Å². The number of anilines is 1. The molecule has 0 atom stereocenters. The normalized spacial score (nSPS) is 11.3. The standard InChI is InChI=1S/C15H29N3S/c1-6-8-9-10-18(5)15-17-14(12(3)4)13(19-15)11-16-7-2/h12,16H,6-11H2,1-5H3. The SMILES string of the molecule is CCCCCN(C)c1nc(C(C)C)c(CNCC)s1. The zero-order chi connectivity index (χ0) is 14.3. The van der Waals surface area contributed by atoms with E-state index in [4.69, 9.17) is 4.98 Å². The summed E-state index contributed by atoms with van der Waals surface area (Å²) in [6, 6.07) is 0. The fraction of sp³-hybridized carbons (Fsp3) is 0.800. The third-order valence-corrected chi connectivity index (χ3v) is 4.41. The second-order valence-corrected chi connectivity index (χ2v) is 6.43. The van der Waals surface area contributed by atoms with Gasteiger partial charge < -0.3 is 10.2 Å². The van der Waals surface area contributed by atoms with E-state index in [2.05, 4.69) is 45.0 Å². The largest absolute Gasteiger partial charge is 0.351 e. The average molecular weight is 283 g/mol. The highest BCUT2D eigenvalue weighted by Gasteiger charge is 2.15. The first-order valence-corrected chi connectivity index (χ1v) is 8.33. The maximum Gasteiger partial charge on any atom is 0.185 e. The van der Waals surface area contributed by atoms with E-state index >= 15 is 0 Å². The van der Waals surface area contributed by atoms with Crippen molar-refractivity contribution in [2.75, 3.05) is 25.0 Å². The van der Waals surface area contributed by atoms with E-state index in [9.17, 15) is 0 Å². The Bertz CT molecular complexity index is 360. The van der Waals surface area contributed by atoms with Gasteiger partial charge in [0.05, 0.1) is 5.69 Å². The molecule has 3 nitrogen and oxygen atoms in total. The van der Waals surface area contributed by atoms with Crippen molar-refractivity contribution in [3.05, 3.63) is 10.6 Å². The van der Waals surface area contributed by atoms with E-state index in [1.807, 2.05) is 11.3 Å². The molecule has 1 aromatic rings. The van der Waals surface area contributed by atoms with Crippen molar-refractivity contribution < 1.29 is 0 Å². The van der Waals surface area contributed by atoms with Crippen LogP contribution < -0.4 is 10.2 Å². The van der Waals surface area contributed by atoms with Crippen molar-refractivity contribution >= 4 is 16.5 Å². The Labute approximate surface area is 122 Å². The summed E-state index contributed by atoms with van der Waals surface area (Å²) in [7, 11) is 2.16. The number of aromatic nitrogens is 1. The molecule has 0 aliphatic heterocycles. The number of rotatable bonds is 9. The maximum atomic E-state index is 4.85. The smallest absolute Gasteiger partial charge is 0.185 e. The van der Waals surface area contributed by atoms with Gasteiger partial charge in [-0.05, 0) is 18.9 Å². The van der Waals surface area contributed by atoms with Crippen LogP contribution in [0.4, 0.5) is 5.13 Å². The molecule has 0 aliphatic carbocycles. The molecular formula is C15H29N3S. The molecule has 19 heavy (non-hydrogen) atoms. The molecule has 0 radical (unpaired) electrons. The first-order chi connectivity index (χ1) is 9.10.